The fourth-order valence-corrected chi connectivity index (χ4v) is 2.83. The highest BCUT2D eigenvalue weighted by Gasteiger charge is 2.29. The maximum absolute atomic E-state index is 3.66. The first-order valence-electron chi connectivity index (χ1n) is 7.47. The van der Waals surface area contributed by atoms with E-state index in [0.29, 0.717) is 17.4 Å². The van der Waals surface area contributed by atoms with Gasteiger partial charge in [0.1, 0.15) is 0 Å². The Balaban J connectivity index is 1.92. The molecule has 0 radical (unpaired) electrons. The Morgan fingerprint density at radius 1 is 1.26 bits per heavy atom. The fourth-order valence-electron chi connectivity index (χ4n) is 2.83. The summed E-state index contributed by atoms with van der Waals surface area (Å²) in [6, 6.07) is 11.5. The van der Waals surface area contributed by atoms with E-state index in [0.717, 1.165) is 13.1 Å². The summed E-state index contributed by atoms with van der Waals surface area (Å²) in [5.41, 5.74) is 1.79. The Kier molecular flexibility index (Phi) is 4.64. The molecule has 1 heterocycles. The molecule has 1 N–H and O–H groups in total. The van der Waals surface area contributed by atoms with Crippen LogP contribution in [0.15, 0.2) is 30.3 Å². The third-order valence-corrected chi connectivity index (χ3v) is 4.21. The van der Waals surface area contributed by atoms with Crippen LogP contribution < -0.4 is 5.32 Å². The Hall–Kier alpha value is -0.860. The minimum Gasteiger partial charge on any atom is -0.311 e. The summed E-state index contributed by atoms with van der Waals surface area (Å²) >= 11 is 0. The summed E-state index contributed by atoms with van der Waals surface area (Å²) in [6.07, 6.45) is 0. The summed E-state index contributed by atoms with van der Waals surface area (Å²) in [5, 5.41) is 3.66. The van der Waals surface area contributed by atoms with Gasteiger partial charge in [0, 0.05) is 32.2 Å². The van der Waals surface area contributed by atoms with Crippen molar-refractivity contribution in [2.45, 2.75) is 39.7 Å². The molecule has 2 rings (SSSR count). The molecule has 2 nitrogen and oxygen atoms in total. The van der Waals surface area contributed by atoms with Crippen LogP contribution in [0.25, 0.3) is 0 Å². The highest BCUT2D eigenvalue weighted by atomic mass is 15.2. The van der Waals surface area contributed by atoms with E-state index in [4.69, 9.17) is 0 Å². The van der Waals surface area contributed by atoms with E-state index in [1.165, 1.54) is 18.7 Å². The van der Waals surface area contributed by atoms with Gasteiger partial charge in [0.15, 0.2) is 0 Å². The van der Waals surface area contributed by atoms with Crippen LogP contribution in [0.3, 0.4) is 0 Å². The molecule has 0 saturated carbocycles. The molecule has 0 bridgehead atoms. The zero-order chi connectivity index (χ0) is 13.9. The van der Waals surface area contributed by atoms with Gasteiger partial charge in [-0.1, -0.05) is 58.0 Å². The van der Waals surface area contributed by atoms with E-state index in [-0.39, 0.29) is 0 Å². The van der Waals surface area contributed by atoms with Crippen LogP contribution in [0.1, 0.15) is 39.2 Å². The zero-order valence-electron chi connectivity index (χ0n) is 12.8. The normalized spacial score (nSPS) is 23.3. The Bertz CT molecular complexity index is 380. The molecule has 2 heteroatoms. The number of hydrogen-bond acceptors (Lipinski definition) is 2. The van der Waals surface area contributed by atoms with Crippen LogP contribution in [0, 0.1) is 5.41 Å². The van der Waals surface area contributed by atoms with Crippen LogP contribution in [-0.2, 0) is 0 Å². The van der Waals surface area contributed by atoms with Crippen molar-refractivity contribution in [3.8, 4) is 0 Å². The average Bonchev–Trinajstić information content (AvgIpc) is 2.39. The molecule has 2 atom stereocenters. The van der Waals surface area contributed by atoms with Gasteiger partial charge >= 0.3 is 0 Å². The molecule has 1 aliphatic heterocycles. The molecular weight excluding hydrogens is 232 g/mol. The van der Waals surface area contributed by atoms with Gasteiger partial charge in [-0.2, -0.15) is 0 Å². The van der Waals surface area contributed by atoms with Crippen molar-refractivity contribution in [3.05, 3.63) is 35.9 Å². The lowest BCUT2D eigenvalue weighted by Crippen LogP contribution is -2.56. The topological polar surface area (TPSA) is 15.3 Å². The number of rotatable bonds is 3. The SMILES string of the molecule is CC(CN1CCNC(C(C)(C)C)C1)c1ccccc1. The summed E-state index contributed by atoms with van der Waals surface area (Å²) in [7, 11) is 0. The Morgan fingerprint density at radius 3 is 2.58 bits per heavy atom. The molecule has 19 heavy (non-hydrogen) atoms. The molecule has 0 aliphatic carbocycles. The van der Waals surface area contributed by atoms with Gasteiger partial charge in [0.2, 0.25) is 0 Å². The first-order valence-corrected chi connectivity index (χ1v) is 7.47. The molecule has 106 valence electrons. The highest BCUT2D eigenvalue weighted by Crippen LogP contribution is 2.23. The van der Waals surface area contributed by atoms with Gasteiger partial charge in [-0.15, -0.1) is 0 Å². The smallest absolute Gasteiger partial charge is 0.0244 e. The van der Waals surface area contributed by atoms with Crippen molar-refractivity contribution < 1.29 is 0 Å². The second-order valence-corrected chi connectivity index (χ2v) is 6.94. The van der Waals surface area contributed by atoms with Gasteiger partial charge in [-0.25, -0.2) is 0 Å². The Labute approximate surface area is 118 Å². The molecule has 2 unspecified atom stereocenters. The second-order valence-electron chi connectivity index (χ2n) is 6.94. The molecule has 0 spiro atoms. The van der Waals surface area contributed by atoms with Gasteiger partial charge in [-0.3, -0.25) is 4.90 Å². The number of hydrogen-bond donors (Lipinski definition) is 1. The summed E-state index contributed by atoms with van der Waals surface area (Å²) < 4.78 is 0. The monoisotopic (exact) mass is 260 g/mol. The predicted molar refractivity (Wildman–Crippen MR) is 82.5 cm³/mol. The first-order chi connectivity index (χ1) is 8.97. The van der Waals surface area contributed by atoms with Crippen molar-refractivity contribution in [1.82, 2.24) is 10.2 Å². The van der Waals surface area contributed by atoms with Crippen molar-refractivity contribution >= 4 is 0 Å². The van der Waals surface area contributed by atoms with Crippen LogP contribution in [0.5, 0.6) is 0 Å². The van der Waals surface area contributed by atoms with E-state index in [1.807, 2.05) is 0 Å². The highest BCUT2D eigenvalue weighted by molar-refractivity contribution is 5.19. The first kappa shape index (κ1) is 14.5. The molecule has 0 aromatic heterocycles. The molecule has 1 aromatic carbocycles. The molecular formula is C17H28N2. The maximum Gasteiger partial charge on any atom is 0.0244 e. The lowest BCUT2D eigenvalue weighted by molar-refractivity contribution is 0.130. The molecule has 1 saturated heterocycles. The standard InChI is InChI=1S/C17H28N2/c1-14(15-8-6-5-7-9-15)12-19-11-10-18-16(13-19)17(2,3)4/h5-9,14,16,18H,10-13H2,1-4H3. The third kappa shape index (κ3) is 4.05. The number of nitrogens with zero attached hydrogens (tertiary/aromatic N) is 1. The molecule has 1 aliphatic rings. The van der Waals surface area contributed by atoms with E-state index >= 15 is 0 Å². The Morgan fingerprint density at radius 2 is 1.95 bits per heavy atom. The largest absolute Gasteiger partial charge is 0.311 e. The summed E-state index contributed by atoms with van der Waals surface area (Å²) in [6.45, 7) is 13.9. The number of nitrogens with one attached hydrogen (secondary N) is 1. The van der Waals surface area contributed by atoms with E-state index in [9.17, 15) is 0 Å². The van der Waals surface area contributed by atoms with Crippen LogP contribution in [0.2, 0.25) is 0 Å². The van der Waals surface area contributed by atoms with E-state index in [2.05, 4.69) is 68.2 Å². The van der Waals surface area contributed by atoms with Crippen molar-refractivity contribution in [3.63, 3.8) is 0 Å². The fraction of sp³-hybridized carbons (Fsp3) is 0.647. The summed E-state index contributed by atoms with van der Waals surface area (Å²) in [5.74, 6) is 0.611. The van der Waals surface area contributed by atoms with Crippen LogP contribution >= 0.6 is 0 Å². The molecule has 1 fully saturated rings. The van der Waals surface area contributed by atoms with Crippen molar-refractivity contribution in [2.75, 3.05) is 26.2 Å². The maximum atomic E-state index is 3.66. The van der Waals surface area contributed by atoms with Crippen LogP contribution in [-0.4, -0.2) is 37.1 Å². The van der Waals surface area contributed by atoms with Gasteiger partial charge in [-0.05, 0) is 16.9 Å². The minimum absolute atomic E-state index is 0.342. The second kappa shape index (κ2) is 6.06. The van der Waals surface area contributed by atoms with Gasteiger partial charge < -0.3 is 5.32 Å². The zero-order valence-corrected chi connectivity index (χ0v) is 12.8. The van der Waals surface area contributed by atoms with Gasteiger partial charge in [0.25, 0.3) is 0 Å². The molecule has 1 aromatic rings. The quantitative estimate of drug-likeness (QED) is 0.898. The van der Waals surface area contributed by atoms with Crippen molar-refractivity contribution in [1.29, 1.82) is 0 Å². The lowest BCUT2D eigenvalue weighted by Gasteiger charge is -2.41. The number of piperazine rings is 1. The van der Waals surface area contributed by atoms with Gasteiger partial charge in [0.05, 0.1) is 0 Å². The predicted octanol–water partition coefficient (Wildman–Crippen LogP) is 3.11. The van der Waals surface area contributed by atoms with E-state index < -0.39 is 0 Å². The van der Waals surface area contributed by atoms with Crippen LogP contribution in [0.4, 0.5) is 0 Å². The van der Waals surface area contributed by atoms with E-state index in [1.54, 1.807) is 0 Å². The molecule has 0 amide bonds. The average molecular weight is 260 g/mol. The minimum atomic E-state index is 0.342. The van der Waals surface area contributed by atoms with Crippen molar-refractivity contribution in [2.24, 2.45) is 5.41 Å². The number of benzene rings is 1. The summed E-state index contributed by atoms with van der Waals surface area (Å²) in [4.78, 5) is 2.62. The third-order valence-electron chi connectivity index (χ3n) is 4.21. The lowest BCUT2D eigenvalue weighted by atomic mass is 9.85.